The van der Waals surface area contributed by atoms with E-state index in [-0.39, 0.29) is 0 Å². The van der Waals surface area contributed by atoms with Crippen molar-refractivity contribution in [3.05, 3.63) is 0 Å². The largest absolute Gasteiger partial charge is 0.0654 e. The first kappa shape index (κ1) is 18.0. The summed E-state index contributed by atoms with van der Waals surface area (Å²) in [5, 5.41) is 0. The molecule has 3 unspecified atom stereocenters. The Hall–Kier alpha value is 0. The Bertz CT molecular complexity index is 161. The minimum Gasteiger partial charge on any atom is -0.0654 e. The molecule has 0 heterocycles. The Morgan fingerprint density at radius 3 is 1.83 bits per heavy atom. The zero-order valence-electron chi connectivity index (χ0n) is 13.8. The van der Waals surface area contributed by atoms with Gasteiger partial charge in [0.1, 0.15) is 0 Å². The number of hydrogen-bond donors (Lipinski definition) is 0. The van der Waals surface area contributed by atoms with E-state index in [1.165, 1.54) is 64.2 Å². The lowest BCUT2D eigenvalue weighted by atomic mass is 9.87. The summed E-state index contributed by atoms with van der Waals surface area (Å²) in [5.41, 5.74) is 0. The van der Waals surface area contributed by atoms with E-state index in [9.17, 15) is 0 Å². The van der Waals surface area contributed by atoms with Gasteiger partial charge >= 0.3 is 0 Å². The lowest BCUT2D eigenvalue weighted by Crippen LogP contribution is -2.07. The Morgan fingerprint density at radius 2 is 1.22 bits per heavy atom. The fraction of sp³-hybridized carbons (Fsp3) is 1.00. The standard InChI is InChI=1S/C18H38/c1-6-8-9-10-11-13-16(3)14-12-15-18(5)17(4)7-2/h16-18H,6-15H2,1-5H3. The van der Waals surface area contributed by atoms with Crippen LogP contribution in [0.2, 0.25) is 0 Å². The zero-order chi connectivity index (χ0) is 13.8. The smallest absolute Gasteiger partial charge is 0.0417 e. The second-order valence-corrected chi connectivity index (χ2v) is 6.60. The highest BCUT2D eigenvalue weighted by Gasteiger charge is 2.10. The number of unbranched alkanes of at least 4 members (excludes halogenated alkanes) is 4. The Balaban J connectivity index is 3.39. The van der Waals surface area contributed by atoms with Gasteiger partial charge in [-0.15, -0.1) is 0 Å². The molecular weight excluding hydrogens is 216 g/mol. The van der Waals surface area contributed by atoms with Gasteiger partial charge in [0.15, 0.2) is 0 Å². The van der Waals surface area contributed by atoms with Gasteiger partial charge in [-0.2, -0.15) is 0 Å². The van der Waals surface area contributed by atoms with Crippen LogP contribution < -0.4 is 0 Å². The molecule has 3 atom stereocenters. The average Bonchev–Trinajstić information content (AvgIpc) is 2.37. The highest BCUT2D eigenvalue weighted by atomic mass is 14.2. The lowest BCUT2D eigenvalue weighted by Gasteiger charge is -2.19. The molecule has 0 aliphatic rings. The summed E-state index contributed by atoms with van der Waals surface area (Å²) in [6, 6.07) is 0. The molecule has 0 spiro atoms. The molecule has 0 aromatic heterocycles. The molecule has 0 saturated heterocycles. The van der Waals surface area contributed by atoms with Gasteiger partial charge in [0.25, 0.3) is 0 Å². The van der Waals surface area contributed by atoms with Crippen molar-refractivity contribution in [3.8, 4) is 0 Å². The third-order valence-electron chi connectivity index (χ3n) is 4.77. The van der Waals surface area contributed by atoms with E-state index in [1.807, 2.05) is 0 Å². The van der Waals surface area contributed by atoms with E-state index in [0.717, 1.165) is 17.8 Å². The van der Waals surface area contributed by atoms with Crippen molar-refractivity contribution in [1.29, 1.82) is 0 Å². The Morgan fingerprint density at radius 1 is 0.611 bits per heavy atom. The third kappa shape index (κ3) is 9.97. The minimum atomic E-state index is 0.911. The van der Waals surface area contributed by atoms with E-state index in [0.29, 0.717) is 0 Å². The molecule has 0 aromatic rings. The van der Waals surface area contributed by atoms with Crippen LogP contribution in [-0.2, 0) is 0 Å². The first-order valence-electron chi connectivity index (χ1n) is 8.61. The van der Waals surface area contributed by atoms with E-state index < -0.39 is 0 Å². The predicted octanol–water partition coefficient (Wildman–Crippen LogP) is 6.84. The van der Waals surface area contributed by atoms with E-state index in [1.54, 1.807) is 0 Å². The van der Waals surface area contributed by atoms with Crippen LogP contribution in [0.3, 0.4) is 0 Å². The molecule has 0 nitrogen and oxygen atoms in total. The van der Waals surface area contributed by atoms with Crippen molar-refractivity contribution in [3.63, 3.8) is 0 Å². The quantitative estimate of drug-likeness (QED) is 0.335. The maximum atomic E-state index is 2.45. The first-order valence-corrected chi connectivity index (χ1v) is 8.61. The van der Waals surface area contributed by atoms with Crippen LogP contribution in [-0.4, -0.2) is 0 Å². The summed E-state index contributed by atoms with van der Waals surface area (Å²) >= 11 is 0. The summed E-state index contributed by atoms with van der Waals surface area (Å²) in [4.78, 5) is 0. The molecule has 0 saturated carbocycles. The molecule has 0 aliphatic heterocycles. The van der Waals surface area contributed by atoms with Crippen molar-refractivity contribution >= 4 is 0 Å². The molecule has 0 N–H and O–H groups in total. The van der Waals surface area contributed by atoms with Crippen molar-refractivity contribution in [2.75, 3.05) is 0 Å². The van der Waals surface area contributed by atoms with Gasteiger partial charge in [-0.05, 0) is 17.8 Å². The molecule has 0 aliphatic carbocycles. The molecule has 0 fully saturated rings. The normalized spacial score (nSPS) is 16.5. The van der Waals surface area contributed by atoms with E-state index >= 15 is 0 Å². The van der Waals surface area contributed by atoms with Gasteiger partial charge in [-0.25, -0.2) is 0 Å². The van der Waals surface area contributed by atoms with E-state index in [2.05, 4.69) is 34.6 Å². The second kappa shape index (κ2) is 12.1. The Kier molecular flexibility index (Phi) is 12.1. The van der Waals surface area contributed by atoms with Crippen LogP contribution in [0.4, 0.5) is 0 Å². The summed E-state index contributed by atoms with van der Waals surface area (Å²) in [6.45, 7) is 11.9. The first-order chi connectivity index (χ1) is 8.61. The van der Waals surface area contributed by atoms with Crippen LogP contribution in [0.1, 0.15) is 98.8 Å². The number of rotatable bonds is 12. The Labute approximate surface area is 117 Å². The molecule has 110 valence electrons. The SMILES string of the molecule is CCCCCCCC(C)CCCC(C)C(C)CC. The van der Waals surface area contributed by atoms with Gasteiger partial charge in [0.2, 0.25) is 0 Å². The van der Waals surface area contributed by atoms with Gasteiger partial charge in [0, 0.05) is 0 Å². The van der Waals surface area contributed by atoms with Gasteiger partial charge in [-0.1, -0.05) is 98.8 Å². The zero-order valence-corrected chi connectivity index (χ0v) is 13.8. The maximum absolute atomic E-state index is 2.45. The summed E-state index contributed by atoms with van der Waals surface area (Å²) < 4.78 is 0. The van der Waals surface area contributed by atoms with Gasteiger partial charge in [0.05, 0.1) is 0 Å². The molecule has 0 amide bonds. The van der Waals surface area contributed by atoms with Crippen LogP contribution in [0.15, 0.2) is 0 Å². The van der Waals surface area contributed by atoms with Crippen LogP contribution in [0.5, 0.6) is 0 Å². The molecule has 0 bridgehead atoms. The molecule has 0 rings (SSSR count). The molecule has 0 heteroatoms. The van der Waals surface area contributed by atoms with Crippen molar-refractivity contribution < 1.29 is 0 Å². The minimum absolute atomic E-state index is 0.911. The second-order valence-electron chi connectivity index (χ2n) is 6.60. The average molecular weight is 255 g/mol. The van der Waals surface area contributed by atoms with Crippen LogP contribution in [0, 0.1) is 17.8 Å². The third-order valence-corrected chi connectivity index (χ3v) is 4.77. The fourth-order valence-electron chi connectivity index (χ4n) is 2.72. The topological polar surface area (TPSA) is 0 Å². The van der Waals surface area contributed by atoms with Crippen molar-refractivity contribution in [2.24, 2.45) is 17.8 Å². The summed E-state index contributed by atoms with van der Waals surface area (Å²) in [6.07, 6.45) is 14.3. The van der Waals surface area contributed by atoms with Gasteiger partial charge in [-0.3, -0.25) is 0 Å². The summed E-state index contributed by atoms with van der Waals surface area (Å²) in [5.74, 6) is 2.79. The predicted molar refractivity (Wildman–Crippen MR) is 85.0 cm³/mol. The van der Waals surface area contributed by atoms with Gasteiger partial charge < -0.3 is 0 Å². The molecule has 0 aromatic carbocycles. The fourth-order valence-corrected chi connectivity index (χ4v) is 2.72. The molecule has 18 heavy (non-hydrogen) atoms. The van der Waals surface area contributed by atoms with Crippen molar-refractivity contribution in [2.45, 2.75) is 98.8 Å². The monoisotopic (exact) mass is 254 g/mol. The highest BCUT2D eigenvalue weighted by molar-refractivity contribution is 4.62. The highest BCUT2D eigenvalue weighted by Crippen LogP contribution is 2.23. The maximum Gasteiger partial charge on any atom is -0.0417 e. The van der Waals surface area contributed by atoms with Crippen molar-refractivity contribution in [1.82, 2.24) is 0 Å². The van der Waals surface area contributed by atoms with Crippen LogP contribution >= 0.6 is 0 Å². The molecular formula is C18H38. The number of hydrogen-bond acceptors (Lipinski definition) is 0. The summed E-state index contributed by atoms with van der Waals surface area (Å²) in [7, 11) is 0. The lowest BCUT2D eigenvalue weighted by molar-refractivity contribution is 0.328. The van der Waals surface area contributed by atoms with Crippen LogP contribution in [0.25, 0.3) is 0 Å². The van der Waals surface area contributed by atoms with E-state index in [4.69, 9.17) is 0 Å². The molecule has 0 radical (unpaired) electrons.